The fourth-order valence-corrected chi connectivity index (χ4v) is 6.47. The van der Waals surface area contributed by atoms with Gasteiger partial charge in [0.2, 0.25) is 11.8 Å². The van der Waals surface area contributed by atoms with E-state index in [2.05, 4.69) is 15.9 Å². The first-order chi connectivity index (χ1) is 18.4. The summed E-state index contributed by atoms with van der Waals surface area (Å²) in [7, 11) is 0. The van der Waals surface area contributed by atoms with Crippen LogP contribution in [0.3, 0.4) is 0 Å². The Bertz CT molecular complexity index is 1560. The van der Waals surface area contributed by atoms with Crippen LogP contribution in [-0.2, 0) is 9.59 Å². The molecule has 4 aliphatic heterocycles. The highest BCUT2D eigenvalue weighted by atomic mass is 79.9. The molecule has 190 valence electrons. The molecule has 4 atom stereocenters. The minimum Gasteiger partial charge on any atom is -0.486 e. The number of imide groups is 1. The summed E-state index contributed by atoms with van der Waals surface area (Å²) < 4.78 is 12.1. The van der Waals surface area contributed by atoms with Gasteiger partial charge in [-0.1, -0.05) is 57.9 Å². The second-order valence-electron chi connectivity index (χ2n) is 9.67. The summed E-state index contributed by atoms with van der Waals surface area (Å²) in [5.74, 6) is -1.52. The molecule has 9 heteroatoms. The van der Waals surface area contributed by atoms with Crippen LogP contribution in [0.25, 0.3) is 6.08 Å². The topological polar surface area (TPSA) is 76.1 Å². The number of benzene rings is 3. The predicted octanol–water partition coefficient (Wildman–Crippen LogP) is 5.15. The number of Topliss-reactive ketones (excluding diaryl/α,β-unsaturated/α-hetero) is 1. The quantitative estimate of drug-likeness (QED) is 0.310. The van der Waals surface area contributed by atoms with Crippen LogP contribution in [0.5, 0.6) is 11.5 Å². The van der Waals surface area contributed by atoms with Gasteiger partial charge in [0.15, 0.2) is 17.3 Å². The largest absolute Gasteiger partial charge is 0.486 e. The van der Waals surface area contributed by atoms with Gasteiger partial charge in [-0.3, -0.25) is 14.4 Å². The number of anilines is 2. The smallest absolute Gasteiger partial charge is 0.240 e. The summed E-state index contributed by atoms with van der Waals surface area (Å²) in [4.78, 5) is 45.3. The molecule has 4 aliphatic rings. The highest BCUT2D eigenvalue weighted by Gasteiger charge is 2.64. The van der Waals surface area contributed by atoms with Crippen LogP contribution in [-0.4, -0.2) is 42.9 Å². The van der Waals surface area contributed by atoms with E-state index in [4.69, 9.17) is 21.1 Å². The third kappa shape index (κ3) is 3.43. The van der Waals surface area contributed by atoms with Gasteiger partial charge in [-0.25, -0.2) is 4.90 Å². The van der Waals surface area contributed by atoms with Crippen molar-refractivity contribution >= 4 is 62.6 Å². The summed E-state index contributed by atoms with van der Waals surface area (Å²) in [5, 5.41) is 0.514. The van der Waals surface area contributed by atoms with E-state index < -0.39 is 29.8 Å². The minimum atomic E-state index is -0.882. The molecule has 38 heavy (non-hydrogen) atoms. The fourth-order valence-electron chi connectivity index (χ4n) is 6.04. The number of fused-ring (bicyclic) bond motifs is 6. The molecule has 4 heterocycles. The van der Waals surface area contributed by atoms with Gasteiger partial charge in [0.25, 0.3) is 0 Å². The van der Waals surface area contributed by atoms with E-state index >= 15 is 0 Å². The Kier molecular flexibility index (Phi) is 5.39. The minimum absolute atomic E-state index is 0.221. The van der Waals surface area contributed by atoms with Crippen LogP contribution in [0.2, 0.25) is 5.02 Å². The number of halogens is 2. The maximum Gasteiger partial charge on any atom is 0.240 e. The number of carbonyl (C=O) groups is 3. The van der Waals surface area contributed by atoms with Crippen molar-refractivity contribution in [2.45, 2.75) is 12.1 Å². The van der Waals surface area contributed by atoms with E-state index in [1.807, 2.05) is 23.1 Å². The van der Waals surface area contributed by atoms with Crippen LogP contribution in [0.15, 0.2) is 71.2 Å². The van der Waals surface area contributed by atoms with Crippen molar-refractivity contribution in [3.05, 3.63) is 87.4 Å². The SMILES string of the molecule is O=C(c1ccc(Br)cc1)[C@@H]1[C@H]2C(=O)N(c3ccc4c(c3)OCCO4)C(=O)[C@@H]2[C@H]2C=Cc3ccc(Cl)cc3N21. The second kappa shape index (κ2) is 8.71. The first-order valence-corrected chi connectivity index (χ1v) is 13.4. The molecule has 3 aromatic carbocycles. The fraction of sp³-hybridized carbons (Fsp3) is 0.207. The number of amides is 2. The molecule has 2 amide bonds. The molecular formula is C29H20BrClN2O5. The lowest BCUT2D eigenvalue weighted by molar-refractivity contribution is -0.122. The molecule has 0 spiro atoms. The molecule has 7 rings (SSSR count). The number of hydrogen-bond acceptors (Lipinski definition) is 6. The molecule has 2 fully saturated rings. The van der Waals surface area contributed by atoms with E-state index in [9.17, 15) is 14.4 Å². The number of ether oxygens (including phenoxy) is 2. The third-order valence-electron chi connectivity index (χ3n) is 7.65. The van der Waals surface area contributed by atoms with Crippen molar-refractivity contribution < 1.29 is 23.9 Å². The average Bonchev–Trinajstić information content (AvgIpc) is 3.41. The van der Waals surface area contributed by atoms with Gasteiger partial charge in [0.05, 0.1) is 23.6 Å². The van der Waals surface area contributed by atoms with Gasteiger partial charge >= 0.3 is 0 Å². The van der Waals surface area contributed by atoms with E-state index in [1.165, 1.54) is 4.90 Å². The maximum atomic E-state index is 14.1. The molecule has 0 saturated carbocycles. The van der Waals surface area contributed by atoms with Gasteiger partial charge in [0.1, 0.15) is 19.3 Å². The molecular weight excluding hydrogens is 572 g/mol. The summed E-state index contributed by atoms with van der Waals surface area (Å²) in [6.07, 6.45) is 3.85. The molecule has 0 N–H and O–H groups in total. The highest BCUT2D eigenvalue weighted by molar-refractivity contribution is 9.10. The van der Waals surface area contributed by atoms with Crippen molar-refractivity contribution in [3.8, 4) is 11.5 Å². The van der Waals surface area contributed by atoms with Gasteiger partial charge in [-0.2, -0.15) is 0 Å². The van der Waals surface area contributed by atoms with Gasteiger partial charge < -0.3 is 14.4 Å². The third-order valence-corrected chi connectivity index (χ3v) is 8.42. The molecule has 0 bridgehead atoms. The lowest BCUT2D eigenvalue weighted by Crippen LogP contribution is -2.48. The average molecular weight is 592 g/mol. The Morgan fingerprint density at radius 1 is 0.895 bits per heavy atom. The summed E-state index contributed by atoms with van der Waals surface area (Å²) in [6.45, 7) is 0.824. The summed E-state index contributed by atoms with van der Waals surface area (Å²) in [6, 6.07) is 16.2. The zero-order valence-corrected chi connectivity index (χ0v) is 22.2. The number of ketones is 1. The number of nitrogens with zero attached hydrogens (tertiary/aromatic N) is 2. The Balaban J connectivity index is 1.35. The van der Waals surface area contributed by atoms with Crippen molar-refractivity contribution in [1.82, 2.24) is 0 Å². The van der Waals surface area contributed by atoms with Crippen molar-refractivity contribution in [2.75, 3.05) is 23.0 Å². The monoisotopic (exact) mass is 590 g/mol. The summed E-state index contributed by atoms with van der Waals surface area (Å²) >= 11 is 9.78. The lowest BCUT2D eigenvalue weighted by Gasteiger charge is -2.36. The molecule has 0 aliphatic carbocycles. The van der Waals surface area contributed by atoms with E-state index in [0.29, 0.717) is 41.0 Å². The highest BCUT2D eigenvalue weighted by Crippen LogP contribution is 2.50. The van der Waals surface area contributed by atoms with E-state index in [0.717, 1.165) is 15.7 Å². The Morgan fingerprint density at radius 3 is 2.42 bits per heavy atom. The Labute approximate surface area is 231 Å². The van der Waals surface area contributed by atoms with Crippen LogP contribution in [0, 0.1) is 11.8 Å². The first kappa shape index (κ1) is 23.5. The van der Waals surface area contributed by atoms with Gasteiger partial charge in [-0.05, 0) is 42.0 Å². The number of rotatable bonds is 3. The van der Waals surface area contributed by atoms with Crippen molar-refractivity contribution in [3.63, 3.8) is 0 Å². The molecule has 3 aromatic rings. The Morgan fingerprint density at radius 2 is 1.63 bits per heavy atom. The van der Waals surface area contributed by atoms with Gasteiger partial charge in [-0.15, -0.1) is 0 Å². The first-order valence-electron chi connectivity index (χ1n) is 12.3. The van der Waals surface area contributed by atoms with Crippen LogP contribution >= 0.6 is 27.5 Å². The molecule has 0 radical (unpaired) electrons. The molecule has 2 saturated heterocycles. The molecule has 0 aromatic heterocycles. The number of hydrogen-bond donors (Lipinski definition) is 0. The Hall–Kier alpha value is -3.62. The lowest BCUT2D eigenvalue weighted by atomic mass is 9.86. The molecule has 0 unspecified atom stereocenters. The molecule has 7 nitrogen and oxygen atoms in total. The van der Waals surface area contributed by atoms with Crippen molar-refractivity contribution in [2.24, 2.45) is 11.8 Å². The maximum absolute atomic E-state index is 14.1. The second-order valence-corrected chi connectivity index (χ2v) is 11.0. The summed E-state index contributed by atoms with van der Waals surface area (Å²) in [5.41, 5.74) is 2.49. The van der Waals surface area contributed by atoms with Crippen LogP contribution < -0.4 is 19.3 Å². The zero-order valence-electron chi connectivity index (χ0n) is 19.8. The van der Waals surface area contributed by atoms with Crippen molar-refractivity contribution in [1.29, 1.82) is 0 Å². The van der Waals surface area contributed by atoms with Gasteiger partial charge in [0, 0.05) is 26.8 Å². The number of carbonyl (C=O) groups excluding carboxylic acids is 3. The van der Waals surface area contributed by atoms with E-state index in [-0.39, 0.29) is 11.7 Å². The van der Waals surface area contributed by atoms with Crippen LogP contribution in [0.4, 0.5) is 11.4 Å². The van der Waals surface area contributed by atoms with E-state index in [1.54, 1.807) is 54.6 Å². The normalized spacial score (nSPS) is 24.8. The zero-order chi connectivity index (χ0) is 26.1. The standard InChI is InChI=1S/C29H20BrClN2O5/c30-17-5-1-16(2-6-17)27(34)26-25-24(20-9-4-15-3-7-18(31)13-21(15)33(20)26)28(35)32(29(25)36)19-8-10-22-23(14-19)38-12-11-37-22/h1-10,13-14,20,24-26H,11-12H2/t20-,24-,25+,26+/m1/s1. The van der Waals surface area contributed by atoms with Crippen LogP contribution in [0.1, 0.15) is 15.9 Å². The predicted molar refractivity (Wildman–Crippen MR) is 146 cm³/mol.